The summed E-state index contributed by atoms with van der Waals surface area (Å²) in [7, 11) is 2.04. The molecule has 0 bridgehead atoms. The molecule has 0 aliphatic rings. The van der Waals surface area contributed by atoms with Crippen molar-refractivity contribution in [1.29, 1.82) is 0 Å². The Morgan fingerprint density at radius 1 is 1.00 bits per heavy atom. The van der Waals surface area contributed by atoms with E-state index in [2.05, 4.69) is 20.1 Å². The molecule has 0 aromatic heterocycles. The van der Waals surface area contributed by atoms with Crippen LogP contribution in [0.2, 0.25) is 0 Å². The van der Waals surface area contributed by atoms with Gasteiger partial charge in [0.2, 0.25) is 5.91 Å². The van der Waals surface area contributed by atoms with Gasteiger partial charge in [-0.25, -0.2) is 9.59 Å². The topological polar surface area (TPSA) is 178 Å². The Labute approximate surface area is 190 Å². The molecule has 0 unspecified atom stereocenters. The van der Waals surface area contributed by atoms with Crippen molar-refractivity contribution in [1.82, 2.24) is 10.6 Å². The predicted molar refractivity (Wildman–Crippen MR) is 112 cm³/mol. The fourth-order valence-corrected chi connectivity index (χ4v) is 2.88. The smallest absolute Gasteiger partial charge is 0.407 e. The first-order valence-corrected chi connectivity index (χ1v) is 9.91. The Balaban J connectivity index is 2.59. The van der Waals surface area contributed by atoms with Gasteiger partial charge in [-0.3, -0.25) is 14.4 Å². The fourth-order valence-electron chi connectivity index (χ4n) is 2.88. The number of carboxylic acid groups (broad SMARTS) is 1. The van der Waals surface area contributed by atoms with Gasteiger partial charge in [-0.05, 0) is 5.56 Å². The van der Waals surface area contributed by atoms with Gasteiger partial charge in [0.25, 0.3) is 0 Å². The molecule has 0 fully saturated rings. The largest absolute Gasteiger partial charge is 0.480 e. The molecule has 2 amide bonds. The molecule has 1 aromatic carbocycles. The quantitative estimate of drug-likeness (QED) is 0.183. The molecule has 0 heterocycles. The second kappa shape index (κ2) is 13.7. The normalized spacial score (nSPS) is 13.2. The van der Waals surface area contributed by atoms with Crippen molar-refractivity contribution in [3.8, 4) is 0 Å². The summed E-state index contributed by atoms with van der Waals surface area (Å²) >= 11 is 0. The summed E-state index contributed by atoms with van der Waals surface area (Å²) in [5.74, 6) is -7.25. The number of rotatable bonds is 12. The molecule has 0 spiro atoms. The van der Waals surface area contributed by atoms with Crippen LogP contribution in [0, 0.1) is 11.8 Å². The minimum Gasteiger partial charge on any atom is -0.480 e. The maximum Gasteiger partial charge on any atom is 0.407 e. The molecule has 1 rings (SSSR count). The predicted octanol–water partition coefficient (Wildman–Crippen LogP) is -0.168. The number of aliphatic hydroxyl groups is 1. The molecule has 1 aromatic rings. The molecule has 0 aliphatic carbocycles. The van der Waals surface area contributed by atoms with E-state index in [0.29, 0.717) is 0 Å². The van der Waals surface area contributed by atoms with Crippen LogP contribution in [0.15, 0.2) is 30.3 Å². The summed E-state index contributed by atoms with van der Waals surface area (Å²) < 4.78 is 14.0. The highest BCUT2D eigenvalue weighted by Gasteiger charge is 2.42. The highest BCUT2D eigenvalue weighted by Crippen LogP contribution is 2.20. The minimum atomic E-state index is -1.66. The summed E-state index contributed by atoms with van der Waals surface area (Å²) in [5.41, 5.74) is 0.763. The third-order valence-corrected chi connectivity index (χ3v) is 4.66. The standard InChI is InChI=1S/C21H28N2O10/c1-12(16(19(28)31-2)20(29)32-3)17(18(26)27)23-15(25)9-14(24)10-22-21(30)33-11-13-7-5-4-6-8-13/h4-8,12,14,16-17,24H,9-11H2,1-3H3,(H,22,30)(H,23,25)(H,26,27)/t12-,14-,17+/m1/s1. The number of esters is 2. The first-order chi connectivity index (χ1) is 15.6. The van der Waals surface area contributed by atoms with Crippen LogP contribution in [0.1, 0.15) is 18.9 Å². The summed E-state index contributed by atoms with van der Waals surface area (Å²) in [5, 5.41) is 23.9. The van der Waals surface area contributed by atoms with Crippen LogP contribution < -0.4 is 10.6 Å². The number of benzene rings is 1. The third-order valence-electron chi connectivity index (χ3n) is 4.66. The molecule has 12 heteroatoms. The monoisotopic (exact) mass is 468 g/mol. The number of hydrogen-bond donors (Lipinski definition) is 4. The van der Waals surface area contributed by atoms with E-state index in [1.54, 1.807) is 24.3 Å². The van der Waals surface area contributed by atoms with Crippen molar-refractivity contribution < 1.29 is 48.4 Å². The second-order valence-electron chi connectivity index (χ2n) is 7.07. The van der Waals surface area contributed by atoms with Gasteiger partial charge < -0.3 is 35.1 Å². The van der Waals surface area contributed by atoms with Gasteiger partial charge in [-0.2, -0.15) is 0 Å². The van der Waals surface area contributed by atoms with Gasteiger partial charge in [0.05, 0.1) is 26.7 Å². The average molecular weight is 468 g/mol. The zero-order valence-electron chi connectivity index (χ0n) is 18.5. The van der Waals surface area contributed by atoms with E-state index in [9.17, 15) is 34.2 Å². The summed E-state index contributed by atoms with van der Waals surface area (Å²) in [6.45, 7) is 0.947. The molecule has 0 aliphatic heterocycles. The summed E-state index contributed by atoms with van der Waals surface area (Å²) in [6, 6.07) is 7.24. The average Bonchev–Trinajstić information content (AvgIpc) is 2.79. The maximum atomic E-state index is 12.2. The van der Waals surface area contributed by atoms with E-state index < -0.39 is 60.3 Å². The fraction of sp³-hybridized carbons (Fsp3) is 0.476. The van der Waals surface area contributed by atoms with Gasteiger partial charge in [0.15, 0.2) is 5.92 Å². The van der Waals surface area contributed by atoms with Gasteiger partial charge in [0.1, 0.15) is 12.6 Å². The zero-order valence-corrected chi connectivity index (χ0v) is 18.5. The highest BCUT2D eigenvalue weighted by atomic mass is 16.6. The van der Waals surface area contributed by atoms with Crippen LogP contribution >= 0.6 is 0 Å². The van der Waals surface area contributed by atoms with Crippen molar-refractivity contribution in [2.24, 2.45) is 11.8 Å². The lowest BCUT2D eigenvalue weighted by Gasteiger charge is -2.26. The lowest BCUT2D eigenvalue weighted by Crippen LogP contribution is -2.51. The van der Waals surface area contributed by atoms with E-state index in [4.69, 9.17) is 4.74 Å². The highest BCUT2D eigenvalue weighted by molar-refractivity contribution is 5.96. The molecule has 4 N–H and O–H groups in total. The number of aliphatic carboxylic acids is 1. The number of hydrogen-bond acceptors (Lipinski definition) is 9. The van der Waals surface area contributed by atoms with E-state index >= 15 is 0 Å². The number of carbonyl (C=O) groups is 5. The number of methoxy groups -OCH3 is 2. The Hall–Kier alpha value is -3.67. The van der Waals surface area contributed by atoms with Gasteiger partial charge in [-0.1, -0.05) is 37.3 Å². The molecule has 12 nitrogen and oxygen atoms in total. The van der Waals surface area contributed by atoms with E-state index in [-0.39, 0.29) is 13.2 Å². The number of amides is 2. The molecule has 182 valence electrons. The van der Waals surface area contributed by atoms with Gasteiger partial charge >= 0.3 is 24.0 Å². The van der Waals surface area contributed by atoms with Crippen molar-refractivity contribution in [2.75, 3.05) is 20.8 Å². The van der Waals surface area contributed by atoms with Crippen molar-refractivity contribution in [3.63, 3.8) is 0 Å². The molecule has 33 heavy (non-hydrogen) atoms. The van der Waals surface area contributed by atoms with Crippen LogP contribution in [-0.2, 0) is 40.0 Å². The number of carbonyl (C=O) groups excluding carboxylic acids is 4. The zero-order chi connectivity index (χ0) is 25.0. The van der Waals surface area contributed by atoms with Crippen LogP contribution in [0.3, 0.4) is 0 Å². The Kier molecular flexibility index (Phi) is 11.3. The molecule has 0 saturated heterocycles. The van der Waals surface area contributed by atoms with Crippen molar-refractivity contribution in [2.45, 2.75) is 32.1 Å². The lowest BCUT2D eigenvalue weighted by molar-refractivity contribution is -0.163. The first-order valence-electron chi connectivity index (χ1n) is 9.91. The van der Waals surface area contributed by atoms with E-state index in [0.717, 1.165) is 19.8 Å². The van der Waals surface area contributed by atoms with Crippen LogP contribution in [0.5, 0.6) is 0 Å². The van der Waals surface area contributed by atoms with Crippen molar-refractivity contribution in [3.05, 3.63) is 35.9 Å². The van der Waals surface area contributed by atoms with Gasteiger partial charge in [-0.15, -0.1) is 0 Å². The molecule has 0 radical (unpaired) electrons. The van der Waals surface area contributed by atoms with Crippen LogP contribution in [0.25, 0.3) is 0 Å². The number of alkyl carbamates (subject to hydrolysis) is 1. The summed E-state index contributed by atoms with van der Waals surface area (Å²) in [6.07, 6.45) is -2.72. The Bertz CT molecular complexity index is 814. The van der Waals surface area contributed by atoms with Crippen molar-refractivity contribution >= 4 is 29.9 Å². The van der Waals surface area contributed by atoms with Crippen LogP contribution in [-0.4, -0.2) is 73.0 Å². The Morgan fingerprint density at radius 3 is 2.09 bits per heavy atom. The molecule has 3 atom stereocenters. The SMILES string of the molecule is COC(=O)C(C(=O)OC)[C@@H](C)[C@H](NC(=O)C[C@@H](O)CNC(=O)OCc1ccccc1)C(=O)O. The number of nitrogens with one attached hydrogen (secondary N) is 2. The third kappa shape index (κ3) is 9.15. The minimum absolute atomic E-state index is 0.0169. The maximum absolute atomic E-state index is 12.2. The van der Waals surface area contributed by atoms with E-state index in [1.165, 1.54) is 6.92 Å². The Morgan fingerprint density at radius 2 is 1.58 bits per heavy atom. The van der Waals surface area contributed by atoms with E-state index in [1.807, 2.05) is 6.07 Å². The first kappa shape index (κ1) is 27.4. The van der Waals surface area contributed by atoms with Gasteiger partial charge in [0, 0.05) is 12.5 Å². The second-order valence-corrected chi connectivity index (χ2v) is 7.07. The number of ether oxygens (including phenoxy) is 3. The van der Waals surface area contributed by atoms with Crippen LogP contribution in [0.4, 0.5) is 4.79 Å². The molecular formula is C21H28N2O10. The molecule has 0 saturated carbocycles. The molecular weight excluding hydrogens is 440 g/mol. The summed E-state index contributed by atoms with van der Waals surface area (Å²) in [4.78, 5) is 59.4. The number of carboxylic acids is 1. The number of aliphatic hydroxyl groups excluding tert-OH is 1. The lowest BCUT2D eigenvalue weighted by atomic mass is 9.87.